The number of hydrogen-bond donors (Lipinski definition) is 0. The van der Waals surface area contributed by atoms with Crippen molar-refractivity contribution in [2.75, 3.05) is 0 Å². The second-order valence-corrected chi connectivity index (χ2v) is 7.12. The van der Waals surface area contributed by atoms with E-state index in [-0.39, 0.29) is 0 Å². The third-order valence-electron chi connectivity index (χ3n) is 5.50. The lowest BCUT2D eigenvalue weighted by Gasteiger charge is -2.23. The van der Waals surface area contributed by atoms with Crippen molar-refractivity contribution in [3.8, 4) is 5.69 Å². The van der Waals surface area contributed by atoms with Crippen LogP contribution >= 0.6 is 0 Å². The largest absolute Gasteiger partial charge is 0.278 e. The maximum atomic E-state index is 4.86. The highest BCUT2D eigenvalue weighted by Crippen LogP contribution is 2.37. The Balaban J connectivity index is 1.58. The van der Waals surface area contributed by atoms with Crippen LogP contribution in [-0.4, -0.2) is 9.78 Å². The van der Waals surface area contributed by atoms with Crippen LogP contribution in [0.25, 0.3) is 5.69 Å². The van der Waals surface area contributed by atoms with Crippen molar-refractivity contribution >= 4 is 0 Å². The number of para-hydroxylation sites is 1. The molecule has 5 rings (SSSR count). The van der Waals surface area contributed by atoms with Gasteiger partial charge in [-0.2, -0.15) is 0 Å². The van der Waals surface area contributed by atoms with Gasteiger partial charge in [-0.05, 0) is 29.7 Å². The highest BCUT2D eigenvalue weighted by Gasteiger charge is 2.38. The Morgan fingerprint density at radius 1 is 0.778 bits per heavy atom. The number of nitrogens with zero attached hydrogens (tertiary/aromatic N) is 3. The maximum absolute atomic E-state index is 4.86. The van der Waals surface area contributed by atoms with E-state index in [4.69, 9.17) is 5.10 Å². The molecule has 0 fully saturated rings. The Kier molecular flexibility index (Phi) is 4.06. The first kappa shape index (κ1) is 16.0. The molecule has 0 amide bonds. The quantitative estimate of drug-likeness (QED) is 0.496. The van der Waals surface area contributed by atoms with E-state index >= 15 is 0 Å². The molecule has 0 saturated carbocycles. The van der Waals surface area contributed by atoms with Gasteiger partial charge in [-0.15, -0.1) is 0 Å². The van der Waals surface area contributed by atoms with Crippen LogP contribution in [-0.2, 0) is 6.42 Å². The van der Waals surface area contributed by atoms with Gasteiger partial charge in [0.05, 0.1) is 6.04 Å². The number of hydrogen-bond acceptors (Lipinski definition) is 1. The normalized spacial score (nSPS) is 15.8. The molecule has 1 atom stereocenters. The zero-order valence-corrected chi connectivity index (χ0v) is 15.1. The van der Waals surface area contributed by atoms with E-state index in [1.54, 1.807) is 0 Å². The lowest BCUT2D eigenvalue weighted by Crippen LogP contribution is -2.40. The maximum Gasteiger partial charge on any atom is 0.278 e. The highest BCUT2D eigenvalue weighted by molar-refractivity contribution is 5.33. The van der Waals surface area contributed by atoms with E-state index in [1.807, 2.05) is 10.7 Å². The Labute approximate surface area is 159 Å². The smallest absolute Gasteiger partial charge is 0.230 e. The number of aromatic nitrogens is 3. The summed E-state index contributed by atoms with van der Waals surface area (Å²) in [7, 11) is 0. The first-order valence-corrected chi connectivity index (χ1v) is 9.55. The van der Waals surface area contributed by atoms with Gasteiger partial charge in [-0.3, -0.25) is 0 Å². The molecule has 3 aromatic carbocycles. The standard InChI is InChI=1S/C24H22N3/c1-4-10-19(11-5-1)24(20-12-6-2-7-13-20)22-16-17-23-25-27(18-26(22)23)21-14-8-3-9-15-21/h1-15,18,22,24H,16-17H2/q+1/t22-/m0/s1. The van der Waals surface area contributed by atoms with Gasteiger partial charge in [0.1, 0.15) is 5.69 Å². The fraction of sp³-hybridized carbons (Fsp3) is 0.167. The van der Waals surface area contributed by atoms with Crippen LogP contribution in [0.2, 0.25) is 0 Å². The summed E-state index contributed by atoms with van der Waals surface area (Å²) >= 11 is 0. The number of aryl methyl sites for hydroxylation is 1. The summed E-state index contributed by atoms with van der Waals surface area (Å²) in [5, 5.41) is 4.86. The molecule has 0 radical (unpaired) electrons. The molecule has 1 aliphatic rings. The Hall–Kier alpha value is -3.20. The summed E-state index contributed by atoms with van der Waals surface area (Å²) < 4.78 is 4.40. The molecule has 0 N–H and O–H groups in total. The number of rotatable bonds is 4. The molecule has 27 heavy (non-hydrogen) atoms. The minimum absolute atomic E-state index is 0.326. The van der Waals surface area contributed by atoms with E-state index in [1.165, 1.54) is 17.0 Å². The van der Waals surface area contributed by atoms with Crippen LogP contribution in [0.5, 0.6) is 0 Å². The van der Waals surface area contributed by atoms with Gasteiger partial charge < -0.3 is 0 Å². The molecule has 2 heterocycles. The predicted molar refractivity (Wildman–Crippen MR) is 106 cm³/mol. The number of benzene rings is 3. The molecule has 4 aromatic rings. The van der Waals surface area contributed by atoms with Crippen LogP contribution < -0.4 is 4.57 Å². The van der Waals surface area contributed by atoms with Crippen LogP contribution in [0.3, 0.4) is 0 Å². The predicted octanol–water partition coefficient (Wildman–Crippen LogP) is 4.48. The molecule has 0 saturated heterocycles. The monoisotopic (exact) mass is 352 g/mol. The SMILES string of the molecule is c1ccc(C(c2ccccc2)[C@@H]2CCc3nn(-c4ccccc4)c[n+]32)cc1. The summed E-state index contributed by atoms with van der Waals surface area (Å²) in [4.78, 5) is 0. The Bertz CT molecular complexity index is 984. The molecule has 0 bridgehead atoms. The minimum atomic E-state index is 0.326. The third-order valence-corrected chi connectivity index (χ3v) is 5.50. The van der Waals surface area contributed by atoms with Crippen molar-refractivity contribution in [1.29, 1.82) is 0 Å². The van der Waals surface area contributed by atoms with Gasteiger partial charge in [-0.1, -0.05) is 83.5 Å². The van der Waals surface area contributed by atoms with Gasteiger partial charge in [0, 0.05) is 17.4 Å². The molecule has 0 spiro atoms. The molecule has 3 nitrogen and oxygen atoms in total. The summed E-state index contributed by atoms with van der Waals surface area (Å²) in [5.41, 5.74) is 3.83. The molecule has 1 aliphatic heterocycles. The van der Waals surface area contributed by atoms with Gasteiger partial charge in [0.2, 0.25) is 6.33 Å². The van der Waals surface area contributed by atoms with E-state index in [0.717, 1.165) is 18.5 Å². The summed E-state index contributed by atoms with van der Waals surface area (Å²) in [6.07, 6.45) is 4.30. The Morgan fingerprint density at radius 2 is 1.33 bits per heavy atom. The fourth-order valence-electron chi connectivity index (χ4n) is 4.25. The summed E-state index contributed by atoms with van der Waals surface area (Å²) in [6.45, 7) is 0. The zero-order valence-electron chi connectivity index (χ0n) is 15.1. The van der Waals surface area contributed by atoms with Gasteiger partial charge in [-0.25, -0.2) is 4.57 Å². The molecule has 3 heteroatoms. The van der Waals surface area contributed by atoms with Gasteiger partial charge in [0.25, 0.3) is 5.82 Å². The molecule has 0 aliphatic carbocycles. The van der Waals surface area contributed by atoms with Crippen molar-refractivity contribution in [2.24, 2.45) is 0 Å². The average Bonchev–Trinajstić information content (AvgIpc) is 3.33. The van der Waals surface area contributed by atoms with E-state index in [9.17, 15) is 0 Å². The van der Waals surface area contributed by atoms with E-state index in [0.29, 0.717) is 12.0 Å². The van der Waals surface area contributed by atoms with Crippen molar-refractivity contribution in [2.45, 2.75) is 24.8 Å². The van der Waals surface area contributed by atoms with Crippen LogP contribution in [0.15, 0.2) is 97.3 Å². The lowest BCUT2D eigenvalue weighted by atomic mass is 9.84. The van der Waals surface area contributed by atoms with Crippen LogP contribution in [0, 0.1) is 0 Å². The second-order valence-electron chi connectivity index (χ2n) is 7.12. The lowest BCUT2D eigenvalue weighted by molar-refractivity contribution is -0.718. The average molecular weight is 352 g/mol. The van der Waals surface area contributed by atoms with Crippen molar-refractivity contribution in [1.82, 2.24) is 9.78 Å². The molecule has 132 valence electrons. The first-order chi connectivity index (χ1) is 13.4. The Morgan fingerprint density at radius 3 is 1.93 bits per heavy atom. The minimum Gasteiger partial charge on any atom is -0.230 e. The highest BCUT2D eigenvalue weighted by atomic mass is 15.4. The van der Waals surface area contributed by atoms with Crippen LogP contribution in [0.1, 0.15) is 35.3 Å². The van der Waals surface area contributed by atoms with E-state index in [2.05, 4.69) is 95.8 Å². The second kappa shape index (κ2) is 6.84. The van der Waals surface area contributed by atoms with Crippen LogP contribution in [0.4, 0.5) is 0 Å². The molecule has 1 aromatic heterocycles. The van der Waals surface area contributed by atoms with Gasteiger partial charge in [0.15, 0.2) is 0 Å². The van der Waals surface area contributed by atoms with Crippen molar-refractivity contribution in [3.63, 3.8) is 0 Å². The first-order valence-electron chi connectivity index (χ1n) is 9.55. The van der Waals surface area contributed by atoms with Crippen molar-refractivity contribution < 1.29 is 4.57 Å². The zero-order chi connectivity index (χ0) is 18.1. The topological polar surface area (TPSA) is 21.7 Å². The summed E-state index contributed by atoms with van der Waals surface area (Å²) in [5.74, 6) is 1.49. The molecular formula is C24H22N3+. The van der Waals surface area contributed by atoms with E-state index < -0.39 is 0 Å². The number of fused-ring (bicyclic) bond motifs is 1. The van der Waals surface area contributed by atoms with Gasteiger partial charge >= 0.3 is 0 Å². The fourth-order valence-corrected chi connectivity index (χ4v) is 4.25. The summed E-state index contributed by atoms with van der Waals surface area (Å²) in [6, 6.07) is 32.5. The van der Waals surface area contributed by atoms with Crippen molar-refractivity contribution in [3.05, 3.63) is 114 Å². The molecular weight excluding hydrogens is 330 g/mol. The molecule has 0 unspecified atom stereocenters. The third kappa shape index (κ3) is 2.95.